The summed E-state index contributed by atoms with van der Waals surface area (Å²) in [5.74, 6) is -0.0161. The van der Waals surface area contributed by atoms with E-state index in [9.17, 15) is 4.79 Å². The maximum atomic E-state index is 12.5. The van der Waals surface area contributed by atoms with Crippen LogP contribution in [0.3, 0.4) is 0 Å². The zero-order valence-corrected chi connectivity index (χ0v) is 18.9. The first-order valence-corrected chi connectivity index (χ1v) is 9.96. The normalized spacial score (nSPS) is 11.1. The smallest absolute Gasteiger partial charge is 0.242 e. The molecule has 1 amide bonds. The van der Waals surface area contributed by atoms with E-state index in [1.54, 1.807) is 0 Å². The Morgan fingerprint density at radius 2 is 1.23 bits per heavy atom. The second-order valence-electron chi connectivity index (χ2n) is 7.14. The fraction of sp³-hybridized carbons (Fsp3) is 0.160. The Kier molecular flexibility index (Phi) is 8.98. The van der Waals surface area contributed by atoms with Crippen LogP contribution < -0.4 is 16.0 Å². The van der Waals surface area contributed by atoms with Gasteiger partial charge in [0.1, 0.15) is 6.04 Å². The molecule has 0 spiro atoms. The van der Waals surface area contributed by atoms with E-state index in [1.165, 1.54) is 10.8 Å². The third kappa shape index (κ3) is 5.81. The molecule has 0 saturated heterocycles. The molecule has 1 unspecified atom stereocenters. The molecule has 0 radical (unpaired) electrons. The van der Waals surface area contributed by atoms with Gasteiger partial charge in [0.15, 0.2) is 0 Å². The van der Waals surface area contributed by atoms with Crippen molar-refractivity contribution >= 4 is 63.6 Å². The SMILES string of the molecule is CC(Nc1cccc2ccccc12)C(=O)NCCNc1cccc2ccccc12.Cl.Cl. The van der Waals surface area contributed by atoms with E-state index in [0.29, 0.717) is 13.1 Å². The van der Waals surface area contributed by atoms with E-state index < -0.39 is 0 Å². The van der Waals surface area contributed by atoms with Crippen LogP contribution in [0.5, 0.6) is 0 Å². The molecule has 0 aliphatic heterocycles. The number of hydrogen-bond donors (Lipinski definition) is 3. The van der Waals surface area contributed by atoms with Gasteiger partial charge in [-0.25, -0.2) is 0 Å². The Morgan fingerprint density at radius 3 is 1.87 bits per heavy atom. The van der Waals surface area contributed by atoms with Crippen LogP contribution in [0.25, 0.3) is 21.5 Å². The first-order valence-electron chi connectivity index (χ1n) is 9.96. The summed E-state index contributed by atoms with van der Waals surface area (Å²) in [5.41, 5.74) is 2.05. The van der Waals surface area contributed by atoms with E-state index in [1.807, 2.05) is 49.4 Å². The minimum absolute atomic E-state index is 0. The summed E-state index contributed by atoms with van der Waals surface area (Å²) in [6.07, 6.45) is 0. The molecule has 31 heavy (non-hydrogen) atoms. The number of carbonyl (C=O) groups is 1. The number of rotatable bonds is 7. The number of anilines is 2. The maximum Gasteiger partial charge on any atom is 0.242 e. The van der Waals surface area contributed by atoms with Crippen molar-refractivity contribution in [2.75, 3.05) is 23.7 Å². The highest BCUT2D eigenvalue weighted by atomic mass is 35.5. The van der Waals surface area contributed by atoms with Gasteiger partial charge in [-0.2, -0.15) is 0 Å². The second-order valence-corrected chi connectivity index (χ2v) is 7.14. The van der Waals surface area contributed by atoms with Gasteiger partial charge < -0.3 is 16.0 Å². The first-order chi connectivity index (χ1) is 14.2. The summed E-state index contributed by atoms with van der Waals surface area (Å²) in [6.45, 7) is 3.11. The van der Waals surface area contributed by atoms with Crippen molar-refractivity contribution in [1.82, 2.24) is 5.32 Å². The lowest BCUT2D eigenvalue weighted by molar-refractivity contribution is -0.121. The molecule has 0 saturated carbocycles. The minimum Gasteiger partial charge on any atom is -0.383 e. The second kappa shape index (κ2) is 11.4. The lowest BCUT2D eigenvalue weighted by Gasteiger charge is -2.17. The van der Waals surface area contributed by atoms with Gasteiger partial charge in [-0.05, 0) is 29.8 Å². The summed E-state index contributed by atoms with van der Waals surface area (Å²) < 4.78 is 0. The standard InChI is InChI=1S/C25H25N3O.2ClH/c1-18(28-24-15-7-11-20-9-3-5-13-22(20)24)25(29)27-17-16-26-23-14-6-10-19-8-2-4-12-21(19)23;;/h2-15,18,26,28H,16-17H2,1H3,(H,27,29);2*1H. The van der Waals surface area contributed by atoms with Crippen molar-refractivity contribution in [3.05, 3.63) is 84.9 Å². The number of halogens is 2. The highest BCUT2D eigenvalue weighted by Crippen LogP contribution is 2.24. The van der Waals surface area contributed by atoms with E-state index in [0.717, 1.165) is 22.1 Å². The van der Waals surface area contributed by atoms with Crippen molar-refractivity contribution in [2.24, 2.45) is 0 Å². The fourth-order valence-electron chi connectivity index (χ4n) is 3.57. The molecule has 3 N–H and O–H groups in total. The zero-order valence-electron chi connectivity index (χ0n) is 17.3. The quantitative estimate of drug-likeness (QED) is 0.305. The third-order valence-corrected chi connectivity index (χ3v) is 5.08. The van der Waals surface area contributed by atoms with Gasteiger partial charge >= 0.3 is 0 Å². The van der Waals surface area contributed by atoms with Crippen LogP contribution >= 0.6 is 24.8 Å². The van der Waals surface area contributed by atoms with Crippen LogP contribution in [0.15, 0.2) is 84.9 Å². The molecular weight excluding hydrogens is 429 g/mol. The molecule has 0 aromatic heterocycles. The van der Waals surface area contributed by atoms with Crippen molar-refractivity contribution in [3.8, 4) is 0 Å². The van der Waals surface area contributed by atoms with Crippen molar-refractivity contribution in [1.29, 1.82) is 0 Å². The summed E-state index contributed by atoms with van der Waals surface area (Å²) in [7, 11) is 0. The molecule has 4 aromatic carbocycles. The molecule has 162 valence electrons. The lowest BCUT2D eigenvalue weighted by atomic mass is 10.1. The molecule has 0 fully saturated rings. The minimum atomic E-state index is -0.321. The molecule has 0 aliphatic rings. The highest BCUT2D eigenvalue weighted by molar-refractivity contribution is 5.96. The third-order valence-electron chi connectivity index (χ3n) is 5.08. The van der Waals surface area contributed by atoms with Gasteiger partial charge in [-0.3, -0.25) is 4.79 Å². The van der Waals surface area contributed by atoms with Gasteiger partial charge in [-0.1, -0.05) is 72.8 Å². The first kappa shape index (κ1) is 24.3. The summed E-state index contributed by atoms with van der Waals surface area (Å²) in [6, 6.07) is 28.4. The van der Waals surface area contributed by atoms with Crippen molar-refractivity contribution in [2.45, 2.75) is 13.0 Å². The zero-order chi connectivity index (χ0) is 20.1. The van der Waals surface area contributed by atoms with Gasteiger partial charge in [0, 0.05) is 35.2 Å². The van der Waals surface area contributed by atoms with E-state index >= 15 is 0 Å². The molecule has 0 bridgehead atoms. The van der Waals surface area contributed by atoms with Crippen LogP contribution in [-0.4, -0.2) is 25.0 Å². The Labute approximate surface area is 195 Å². The molecule has 6 heteroatoms. The molecule has 1 atom stereocenters. The number of carbonyl (C=O) groups excluding carboxylic acids is 1. The van der Waals surface area contributed by atoms with E-state index in [-0.39, 0.29) is 36.8 Å². The van der Waals surface area contributed by atoms with Gasteiger partial charge in [0.2, 0.25) is 5.91 Å². The summed E-state index contributed by atoms with van der Waals surface area (Å²) in [5, 5.41) is 14.4. The summed E-state index contributed by atoms with van der Waals surface area (Å²) >= 11 is 0. The van der Waals surface area contributed by atoms with Crippen molar-refractivity contribution < 1.29 is 4.79 Å². The Balaban J connectivity index is 0.00000171. The number of benzene rings is 4. The molecular formula is C25H27Cl2N3O. The van der Waals surface area contributed by atoms with Gasteiger partial charge in [0.05, 0.1) is 0 Å². The molecule has 4 nitrogen and oxygen atoms in total. The van der Waals surface area contributed by atoms with E-state index in [2.05, 4.69) is 58.4 Å². The van der Waals surface area contributed by atoms with Crippen LogP contribution in [0.1, 0.15) is 6.92 Å². The van der Waals surface area contributed by atoms with Crippen LogP contribution in [0.2, 0.25) is 0 Å². The van der Waals surface area contributed by atoms with Crippen LogP contribution in [0.4, 0.5) is 11.4 Å². The van der Waals surface area contributed by atoms with E-state index in [4.69, 9.17) is 0 Å². The number of amides is 1. The van der Waals surface area contributed by atoms with Crippen LogP contribution in [-0.2, 0) is 4.79 Å². The molecule has 0 aliphatic carbocycles. The fourth-order valence-corrected chi connectivity index (χ4v) is 3.57. The summed E-state index contributed by atoms with van der Waals surface area (Å²) in [4.78, 5) is 12.5. The number of nitrogens with one attached hydrogen (secondary N) is 3. The van der Waals surface area contributed by atoms with Crippen LogP contribution in [0, 0.1) is 0 Å². The predicted octanol–water partition coefficient (Wildman–Crippen LogP) is 5.87. The average molecular weight is 456 g/mol. The Morgan fingerprint density at radius 1 is 0.710 bits per heavy atom. The monoisotopic (exact) mass is 455 g/mol. The van der Waals surface area contributed by atoms with Gasteiger partial charge in [-0.15, -0.1) is 24.8 Å². The van der Waals surface area contributed by atoms with Gasteiger partial charge in [0.25, 0.3) is 0 Å². The lowest BCUT2D eigenvalue weighted by Crippen LogP contribution is -2.39. The topological polar surface area (TPSA) is 53.2 Å². The highest BCUT2D eigenvalue weighted by Gasteiger charge is 2.13. The molecule has 4 aromatic rings. The number of fused-ring (bicyclic) bond motifs is 2. The predicted molar refractivity (Wildman–Crippen MR) is 137 cm³/mol. The largest absolute Gasteiger partial charge is 0.383 e. The molecule has 4 rings (SSSR count). The average Bonchev–Trinajstić information content (AvgIpc) is 2.77. The number of hydrogen-bond acceptors (Lipinski definition) is 3. The molecule has 0 heterocycles. The Hall–Kier alpha value is -2.95. The Bertz CT molecular complexity index is 1140. The maximum absolute atomic E-state index is 12.5. The van der Waals surface area contributed by atoms with Crippen molar-refractivity contribution in [3.63, 3.8) is 0 Å².